The second-order valence-corrected chi connectivity index (χ2v) is 6.08. The van der Waals surface area contributed by atoms with Crippen molar-refractivity contribution < 1.29 is 23.5 Å². The molecule has 3 rings (SSSR count). The number of furan rings is 1. The van der Waals surface area contributed by atoms with Gasteiger partial charge in [0.1, 0.15) is 5.58 Å². The van der Waals surface area contributed by atoms with E-state index in [0.29, 0.717) is 27.1 Å². The van der Waals surface area contributed by atoms with Crippen molar-refractivity contribution >= 4 is 40.4 Å². The van der Waals surface area contributed by atoms with Crippen LogP contribution in [0.25, 0.3) is 11.0 Å². The number of fused-ring (bicyclic) bond motifs is 1. The van der Waals surface area contributed by atoms with Gasteiger partial charge in [-0.25, -0.2) is 4.79 Å². The topological polar surface area (TPSA) is 97.6 Å². The van der Waals surface area contributed by atoms with E-state index in [1.165, 1.54) is 0 Å². The smallest absolute Gasteiger partial charge is 0.375 e. The number of ether oxygens (including phenoxy) is 1. The van der Waals surface area contributed by atoms with Gasteiger partial charge in [-0.1, -0.05) is 29.8 Å². The van der Waals surface area contributed by atoms with Crippen molar-refractivity contribution in [3.63, 3.8) is 0 Å². The zero-order valence-electron chi connectivity index (χ0n) is 14.2. The lowest BCUT2D eigenvalue weighted by molar-refractivity contribution is -0.125. The maximum atomic E-state index is 12.2. The van der Waals surface area contributed by atoms with Crippen LogP contribution in [0.3, 0.4) is 0 Å². The molecule has 138 valence electrons. The van der Waals surface area contributed by atoms with Crippen LogP contribution in [0, 0.1) is 6.92 Å². The van der Waals surface area contributed by atoms with Gasteiger partial charge in [-0.15, -0.1) is 0 Å². The highest BCUT2D eigenvalue weighted by molar-refractivity contribution is 6.31. The van der Waals surface area contributed by atoms with E-state index in [9.17, 15) is 14.4 Å². The number of nitrogens with one attached hydrogen (secondary N) is 2. The van der Waals surface area contributed by atoms with Crippen LogP contribution in [-0.2, 0) is 9.53 Å². The van der Waals surface area contributed by atoms with E-state index in [4.69, 9.17) is 20.8 Å². The third-order valence-electron chi connectivity index (χ3n) is 3.77. The number of halogens is 1. The molecule has 0 saturated heterocycles. The van der Waals surface area contributed by atoms with Crippen LogP contribution in [0.4, 0.5) is 0 Å². The van der Waals surface area contributed by atoms with Crippen LogP contribution in [0.15, 0.2) is 52.9 Å². The molecule has 1 aromatic heterocycles. The van der Waals surface area contributed by atoms with E-state index in [2.05, 4.69) is 10.9 Å². The summed E-state index contributed by atoms with van der Waals surface area (Å²) in [6.07, 6.45) is 0. The minimum atomic E-state index is -0.788. The van der Waals surface area contributed by atoms with E-state index in [0.717, 1.165) is 0 Å². The van der Waals surface area contributed by atoms with Gasteiger partial charge in [0.25, 0.3) is 11.8 Å². The Morgan fingerprint density at radius 2 is 1.81 bits per heavy atom. The molecule has 0 aliphatic rings. The second kappa shape index (κ2) is 7.92. The molecule has 0 fully saturated rings. The van der Waals surface area contributed by atoms with Gasteiger partial charge < -0.3 is 9.15 Å². The average Bonchev–Trinajstić information content (AvgIpc) is 3.01. The Morgan fingerprint density at radius 3 is 2.56 bits per heavy atom. The molecule has 0 bridgehead atoms. The Labute approximate surface area is 159 Å². The quantitative estimate of drug-likeness (QED) is 0.530. The molecule has 0 aliphatic carbocycles. The molecule has 0 saturated carbocycles. The van der Waals surface area contributed by atoms with Crippen LogP contribution in [0.1, 0.15) is 26.5 Å². The van der Waals surface area contributed by atoms with Crippen LogP contribution >= 0.6 is 11.6 Å². The molecule has 0 unspecified atom stereocenters. The zero-order chi connectivity index (χ0) is 19.4. The summed E-state index contributed by atoms with van der Waals surface area (Å²) in [5.74, 6) is -1.97. The Balaban J connectivity index is 1.55. The number of esters is 1. The fraction of sp³-hybridized carbons (Fsp3) is 0.105. The molecule has 2 amide bonds. The number of aryl methyl sites for hydroxylation is 1. The molecule has 2 N–H and O–H groups in total. The Bertz CT molecular complexity index is 1010. The number of carbonyl (C=O) groups excluding carboxylic acids is 3. The number of hydrogen-bond donors (Lipinski definition) is 2. The highest BCUT2D eigenvalue weighted by Gasteiger charge is 2.20. The van der Waals surface area contributed by atoms with Gasteiger partial charge >= 0.3 is 5.97 Å². The molecular weight excluding hydrogens is 372 g/mol. The minimum absolute atomic E-state index is 0.00612. The first-order valence-corrected chi connectivity index (χ1v) is 8.33. The molecule has 0 aliphatic heterocycles. The maximum absolute atomic E-state index is 12.2. The van der Waals surface area contributed by atoms with Crippen molar-refractivity contribution in [3.05, 3.63) is 70.4 Å². The lowest BCUT2D eigenvalue weighted by Crippen LogP contribution is -2.43. The number of amides is 2. The molecule has 7 nitrogen and oxygen atoms in total. The van der Waals surface area contributed by atoms with Crippen molar-refractivity contribution in [2.45, 2.75) is 6.92 Å². The fourth-order valence-electron chi connectivity index (χ4n) is 2.41. The Hall–Kier alpha value is -3.32. The lowest BCUT2D eigenvalue weighted by Gasteiger charge is -2.07. The largest absolute Gasteiger partial charge is 0.450 e. The van der Waals surface area contributed by atoms with Gasteiger partial charge in [0.15, 0.2) is 6.61 Å². The molecular formula is C19H15ClN2O5. The van der Waals surface area contributed by atoms with Gasteiger partial charge in [0.2, 0.25) is 5.76 Å². The van der Waals surface area contributed by atoms with Crippen molar-refractivity contribution in [1.82, 2.24) is 10.9 Å². The summed E-state index contributed by atoms with van der Waals surface area (Å²) in [6.45, 7) is 1.12. The van der Waals surface area contributed by atoms with Crippen molar-refractivity contribution in [3.8, 4) is 0 Å². The third-order valence-corrected chi connectivity index (χ3v) is 4.00. The van der Waals surface area contributed by atoms with E-state index >= 15 is 0 Å². The van der Waals surface area contributed by atoms with Crippen LogP contribution in [0.5, 0.6) is 0 Å². The molecule has 2 aromatic carbocycles. The zero-order valence-corrected chi connectivity index (χ0v) is 15.0. The molecule has 0 atom stereocenters. The van der Waals surface area contributed by atoms with E-state index < -0.39 is 24.4 Å². The second-order valence-electron chi connectivity index (χ2n) is 5.64. The van der Waals surface area contributed by atoms with Crippen molar-refractivity contribution in [2.24, 2.45) is 0 Å². The number of rotatable bonds is 4. The Morgan fingerprint density at radius 1 is 1.07 bits per heavy atom. The average molecular weight is 387 g/mol. The highest BCUT2D eigenvalue weighted by atomic mass is 35.5. The molecule has 0 spiro atoms. The first-order chi connectivity index (χ1) is 13.0. The molecule has 3 aromatic rings. The SMILES string of the molecule is Cc1c(C(=O)OCC(=O)NNC(=O)c2ccccc2)oc2ccc(Cl)cc12. The van der Waals surface area contributed by atoms with Crippen LogP contribution in [-0.4, -0.2) is 24.4 Å². The van der Waals surface area contributed by atoms with Gasteiger partial charge in [0.05, 0.1) is 0 Å². The van der Waals surface area contributed by atoms with Crippen molar-refractivity contribution in [2.75, 3.05) is 6.61 Å². The van der Waals surface area contributed by atoms with E-state index in [1.54, 1.807) is 55.5 Å². The monoisotopic (exact) mass is 386 g/mol. The summed E-state index contributed by atoms with van der Waals surface area (Å²) in [4.78, 5) is 35.8. The maximum Gasteiger partial charge on any atom is 0.375 e. The predicted molar refractivity (Wildman–Crippen MR) is 98.3 cm³/mol. The number of benzene rings is 2. The number of carbonyl (C=O) groups is 3. The van der Waals surface area contributed by atoms with Gasteiger partial charge in [-0.3, -0.25) is 20.4 Å². The van der Waals surface area contributed by atoms with E-state index in [-0.39, 0.29) is 5.76 Å². The first-order valence-electron chi connectivity index (χ1n) is 7.95. The van der Waals surface area contributed by atoms with Gasteiger partial charge in [-0.05, 0) is 37.3 Å². The molecule has 8 heteroatoms. The molecule has 0 radical (unpaired) electrons. The van der Waals surface area contributed by atoms with E-state index in [1.807, 2.05) is 0 Å². The molecule has 27 heavy (non-hydrogen) atoms. The number of hydrogen-bond acceptors (Lipinski definition) is 5. The minimum Gasteiger partial charge on any atom is -0.450 e. The number of hydrazine groups is 1. The summed E-state index contributed by atoms with van der Waals surface area (Å²) in [5, 5.41) is 1.20. The summed E-state index contributed by atoms with van der Waals surface area (Å²) >= 11 is 5.94. The predicted octanol–water partition coefficient (Wildman–Crippen LogP) is 3.01. The lowest BCUT2D eigenvalue weighted by atomic mass is 10.1. The van der Waals surface area contributed by atoms with Gasteiger partial charge in [0, 0.05) is 21.5 Å². The standard InChI is InChI=1S/C19H15ClN2O5/c1-11-14-9-13(20)7-8-15(14)27-17(11)19(25)26-10-16(23)21-22-18(24)12-5-3-2-4-6-12/h2-9H,10H2,1H3,(H,21,23)(H,22,24). The normalized spacial score (nSPS) is 10.4. The fourth-order valence-corrected chi connectivity index (χ4v) is 2.58. The summed E-state index contributed by atoms with van der Waals surface area (Å²) in [6, 6.07) is 13.3. The molecule has 1 heterocycles. The van der Waals surface area contributed by atoms with Gasteiger partial charge in [-0.2, -0.15) is 0 Å². The summed E-state index contributed by atoms with van der Waals surface area (Å²) < 4.78 is 10.4. The third kappa shape index (κ3) is 4.27. The Kier molecular flexibility index (Phi) is 5.42. The summed E-state index contributed by atoms with van der Waals surface area (Å²) in [5.41, 5.74) is 5.84. The van der Waals surface area contributed by atoms with Crippen molar-refractivity contribution in [1.29, 1.82) is 0 Å². The summed E-state index contributed by atoms with van der Waals surface area (Å²) in [7, 11) is 0. The first kappa shape index (κ1) is 18.5. The van der Waals surface area contributed by atoms with Crippen LogP contribution < -0.4 is 10.9 Å². The highest BCUT2D eigenvalue weighted by Crippen LogP contribution is 2.28. The van der Waals surface area contributed by atoms with Crippen LogP contribution in [0.2, 0.25) is 5.02 Å².